The summed E-state index contributed by atoms with van der Waals surface area (Å²) in [5.74, 6) is 0. The minimum Gasteiger partial charge on any atom is -1.00 e. The Balaban J connectivity index is 0.00000144. The number of halogens is 1. The van der Waals surface area contributed by atoms with E-state index in [0.29, 0.717) is 0 Å². The highest BCUT2D eigenvalue weighted by molar-refractivity contribution is 5.46. The largest absolute Gasteiger partial charge is 1.00 e. The van der Waals surface area contributed by atoms with Crippen molar-refractivity contribution in [2.45, 2.75) is 20.0 Å². The van der Waals surface area contributed by atoms with Crippen LogP contribution < -0.4 is 21.5 Å². The van der Waals surface area contributed by atoms with Crippen molar-refractivity contribution in [1.82, 2.24) is 4.57 Å². The summed E-state index contributed by atoms with van der Waals surface area (Å²) in [6, 6.07) is 8.49. The van der Waals surface area contributed by atoms with Crippen molar-refractivity contribution in [2.75, 3.05) is 0 Å². The molecular weight excluding hydrogens is 276 g/mol. The van der Waals surface area contributed by atoms with Crippen LogP contribution in [-0.2, 0) is 13.1 Å². The zero-order valence-electron chi connectivity index (χ0n) is 10.0. The fourth-order valence-electron chi connectivity index (χ4n) is 1.69. The van der Waals surface area contributed by atoms with E-state index in [1.54, 1.807) is 0 Å². The molecule has 0 aliphatic carbocycles. The highest BCUT2D eigenvalue weighted by Crippen LogP contribution is 2.04. The zero-order chi connectivity index (χ0) is 11.4. The summed E-state index contributed by atoms with van der Waals surface area (Å²) >= 11 is 0. The third kappa shape index (κ3) is 3.56. The van der Waals surface area contributed by atoms with Crippen LogP contribution in [0.5, 0.6) is 0 Å². The normalized spacial score (nSPS) is 9.71. The predicted molar refractivity (Wildman–Crippen MR) is 65.9 cm³/mol. The van der Waals surface area contributed by atoms with Gasteiger partial charge in [0, 0.05) is 0 Å². The van der Waals surface area contributed by atoms with Gasteiger partial charge < -0.3 is 17.0 Å². The Morgan fingerprint density at radius 3 is 2.53 bits per heavy atom. The van der Waals surface area contributed by atoms with Crippen LogP contribution in [0.15, 0.2) is 49.6 Å². The first-order valence-corrected chi connectivity index (χ1v) is 5.58. The van der Waals surface area contributed by atoms with Gasteiger partial charge in [0.25, 0.3) is 0 Å². The van der Waals surface area contributed by atoms with Gasteiger partial charge in [-0.15, -0.1) is 0 Å². The van der Waals surface area contributed by atoms with E-state index in [9.17, 15) is 0 Å². The lowest BCUT2D eigenvalue weighted by molar-refractivity contribution is -0.687. The monoisotopic (exact) mass is 292 g/mol. The molecule has 0 N–H and O–H groups in total. The molecule has 0 unspecified atom stereocenters. The molecule has 17 heavy (non-hydrogen) atoms. The first-order valence-electron chi connectivity index (χ1n) is 5.58. The van der Waals surface area contributed by atoms with Crippen LogP contribution in [0.3, 0.4) is 0 Å². The second-order valence-corrected chi connectivity index (χ2v) is 3.86. The van der Waals surface area contributed by atoms with Gasteiger partial charge in [-0.3, -0.25) is 0 Å². The zero-order valence-corrected chi connectivity index (χ0v) is 11.6. The molecule has 0 saturated carbocycles. The minimum absolute atomic E-state index is 0. The maximum Gasteiger partial charge on any atom is 0.244 e. The molecule has 0 fully saturated rings. The summed E-state index contributed by atoms with van der Waals surface area (Å²) < 4.78 is 4.35. The fraction of sp³-hybridized carbons (Fsp3) is 0.214. The number of nitrogens with zero attached hydrogens (tertiary/aromatic N) is 2. The average molecular weight is 293 g/mol. The number of benzene rings is 1. The maximum atomic E-state index is 3.75. The lowest BCUT2D eigenvalue weighted by Crippen LogP contribution is -3.00. The summed E-state index contributed by atoms with van der Waals surface area (Å²) in [6.07, 6.45) is 8.19. The number of imidazole rings is 1. The summed E-state index contributed by atoms with van der Waals surface area (Å²) in [7, 11) is 0. The molecule has 0 amide bonds. The molecule has 0 aliphatic heterocycles. The van der Waals surface area contributed by atoms with Crippen molar-refractivity contribution in [3.8, 4) is 0 Å². The van der Waals surface area contributed by atoms with E-state index in [1.165, 1.54) is 11.1 Å². The Bertz CT molecular complexity index is 471. The number of hydrogen-bond donors (Lipinski definition) is 0. The van der Waals surface area contributed by atoms with Crippen LogP contribution >= 0.6 is 0 Å². The molecule has 0 saturated heterocycles. The highest BCUT2D eigenvalue weighted by atomic mass is 79.9. The van der Waals surface area contributed by atoms with Crippen molar-refractivity contribution in [3.05, 3.63) is 60.7 Å². The Morgan fingerprint density at radius 1 is 1.29 bits per heavy atom. The fourth-order valence-corrected chi connectivity index (χ4v) is 1.69. The van der Waals surface area contributed by atoms with Crippen LogP contribution in [0.25, 0.3) is 6.08 Å². The van der Waals surface area contributed by atoms with E-state index in [4.69, 9.17) is 0 Å². The molecule has 1 aromatic carbocycles. The SMILES string of the molecule is C=Cc1ccc(C[n+]2ccn(CC)c2)cc1.[Br-]. The Kier molecular flexibility index (Phi) is 5.16. The molecule has 2 aromatic rings. The van der Waals surface area contributed by atoms with Gasteiger partial charge in [-0.25, -0.2) is 9.13 Å². The van der Waals surface area contributed by atoms with Gasteiger partial charge in [-0.2, -0.15) is 0 Å². The molecule has 2 nitrogen and oxygen atoms in total. The molecule has 90 valence electrons. The average Bonchev–Trinajstić information content (AvgIpc) is 2.78. The van der Waals surface area contributed by atoms with Crippen molar-refractivity contribution < 1.29 is 21.5 Å². The topological polar surface area (TPSA) is 8.81 Å². The summed E-state index contributed by atoms with van der Waals surface area (Å²) in [4.78, 5) is 0. The van der Waals surface area contributed by atoms with Crippen molar-refractivity contribution >= 4 is 6.08 Å². The molecule has 2 rings (SSSR count). The van der Waals surface area contributed by atoms with Crippen molar-refractivity contribution in [1.29, 1.82) is 0 Å². The van der Waals surface area contributed by atoms with E-state index >= 15 is 0 Å². The van der Waals surface area contributed by atoms with Gasteiger partial charge in [0.1, 0.15) is 18.9 Å². The third-order valence-corrected chi connectivity index (χ3v) is 2.69. The summed E-state index contributed by atoms with van der Waals surface area (Å²) in [5.41, 5.74) is 2.48. The lowest BCUT2D eigenvalue weighted by atomic mass is 10.1. The quantitative estimate of drug-likeness (QED) is 0.672. The van der Waals surface area contributed by atoms with Crippen molar-refractivity contribution in [3.63, 3.8) is 0 Å². The summed E-state index contributed by atoms with van der Waals surface area (Å²) in [5, 5.41) is 0. The molecule has 1 heterocycles. The first kappa shape index (κ1) is 13.7. The van der Waals surface area contributed by atoms with E-state index in [0.717, 1.165) is 13.1 Å². The van der Waals surface area contributed by atoms with E-state index in [2.05, 4.69) is 65.6 Å². The number of aromatic nitrogens is 2. The standard InChI is InChI=1S/C14H17N2.BrH/c1-3-13-5-7-14(8-6-13)11-16-10-9-15(4-2)12-16;/h3,5-10,12H,1,4,11H2,2H3;1H/q+1;/p-1. The molecule has 3 heteroatoms. The second kappa shape index (κ2) is 6.40. The lowest BCUT2D eigenvalue weighted by Gasteiger charge is -1.98. The number of hydrogen-bond acceptors (Lipinski definition) is 0. The number of rotatable bonds is 4. The first-order chi connectivity index (χ1) is 7.81. The minimum atomic E-state index is 0. The molecule has 0 radical (unpaired) electrons. The van der Waals surface area contributed by atoms with E-state index in [1.807, 2.05) is 6.08 Å². The van der Waals surface area contributed by atoms with Gasteiger partial charge in [0.2, 0.25) is 6.33 Å². The Hall–Kier alpha value is -1.35. The van der Waals surface area contributed by atoms with Gasteiger partial charge in [-0.05, 0) is 18.1 Å². The highest BCUT2D eigenvalue weighted by Gasteiger charge is 2.02. The smallest absolute Gasteiger partial charge is 0.244 e. The molecule has 0 spiro atoms. The predicted octanol–water partition coefficient (Wildman–Crippen LogP) is -0.509. The van der Waals surface area contributed by atoms with Crippen LogP contribution in [0.2, 0.25) is 0 Å². The van der Waals surface area contributed by atoms with Gasteiger partial charge in [-0.1, -0.05) is 36.9 Å². The van der Waals surface area contributed by atoms with Crippen LogP contribution in [0.4, 0.5) is 0 Å². The molecular formula is C14H17BrN2. The third-order valence-electron chi connectivity index (χ3n) is 2.69. The molecule has 0 atom stereocenters. The van der Waals surface area contributed by atoms with Crippen LogP contribution in [-0.4, -0.2) is 4.57 Å². The van der Waals surface area contributed by atoms with Crippen LogP contribution in [0, 0.1) is 0 Å². The Morgan fingerprint density at radius 2 is 2.00 bits per heavy atom. The van der Waals surface area contributed by atoms with Crippen LogP contribution in [0.1, 0.15) is 18.1 Å². The molecule has 1 aromatic heterocycles. The maximum absolute atomic E-state index is 3.75. The van der Waals surface area contributed by atoms with Crippen molar-refractivity contribution in [2.24, 2.45) is 0 Å². The molecule has 0 aliphatic rings. The van der Waals surface area contributed by atoms with Gasteiger partial charge >= 0.3 is 0 Å². The van der Waals surface area contributed by atoms with Gasteiger partial charge in [0.05, 0.1) is 6.54 Å². The second-order valence-electron chi connectivity index (χ2n) is 3.86. The summed E-state index contributed by atoms with van der Waals surface area (Å²) in [6.45, 7) is 7.83. The number of aryl methyl sites for hydroxylation is 1. The molecule has 0 bridgehead atoms. The van der Waals surface area contributed by atoms with E-state index < -0.39 is 0 Å². The Labute approximate surface area is 113 Å². The van der Waals surface area contributed by atoms with E-state index in [-0.39, 0.29) is 17.0 Å². The van der Waals surface area contributed by atoms with Gasteiger partial charge in [0.15, 0.2) is 0 Å².